The van der Waals surface area contributed by atoms with Crippen LogP contribution in [0.1, 0.15) is 22.7 Å². The van der Waals surface area contributed by atoms with Gasteiger partial charge in [-0.2, -0.15) is 10.1 Å². The van der Waals surface area contributed by atoms with E-state index in [9.17, 15) is 0 Å². The van der Waals surface area contributed by atoms with Gasteiger partial charge in [0.2, 0.25) is 5.95 Å². The Morgan fingerprint density at radius 1 is 1.04 bits per heavy atom. The Labute approximate surface area is 140 Å². The van der Waals surface area contributed by atoms with E-state index in [1.165, 1.54) is 5.56 Å². The number of ether oxygens (including phenoxy) is 1. The number of methoxy groups -OCH3 is 1. The lowest BCUT2D eigenvalue weighted by molar-refractivity contribution is 0.414. The number of rotatable bonds is 3. The number of nitrogens with zero attached hydrogens (tertiary/aromatic N) is 3. The molecular weight excluding hydrogens is 300 g/mol. The highest BCUT2D eigenvalue weighted by Gasteiger charge is 2.23. The minimum Gasteiger partial charge on any atom is -0.497 e. The maximum absolute atomic E-state index is 5.25. The molecule has 5 nitrogen and oxygen atoms in total. The molecule has 1 atom stereocenters. The number of hydrogen-bond donors (Lipinski definition) is 1. The van der Waals surface area contributed by atoms with Crippen molar-refractivity contribution in [3.8, 4) is 5.75 Å². The molecule has 0 unspecified atom stereocenters. The highest BCUT2D eigenvalue weighted by atomic mass is 16.5. The van der Waals surface area contributed by atoms with Crippen molar-refractivity contribution in [3.63, 3.8) is 0 Å². The molecule has 1 N–H and O–H groups in total. The van der Waals surface area contributed by atoms with Crippen molar-refractivity contribution < 1.29 is 4.74 Å². The van der Waals surface area contributed by atoms with Gasteiger partial charge in [0, 0.05) is 5.70 Å². The SMILES string of the molecule is COc1ccc([C@@H]2C=C(c3ccc(C)cc3)Nc3ncnn32)cc1. The molecule has 5 heteroatoms. The molecule has 3 aromatic rings. The summed E-state index contributed by atoms with van der Waals surface area (Å²) in [4.78, 5) is 4.33. The van der Waals surface area contributed by atoms with E-state index in [0.717, 1.165) is 28.5 Å². The van der Waals surface area contributed by atoms with Gasteiger partial charge in [-0.3, -0.25) is 0 Å². The molecular formula is C19H18N4O. The fourth-order valence-corrected chi connectivity index (χ4v) is 2.87. The van der Waals surface area contributed by atoms with Gasteiger partial charge < -0.3 is 10.1 Å². The van der Waals surface area contributed by atoms with Gasteiger partial charge in [-0.25, -0.2) is 4.68 Å². The molecule has 0 saturated heterocycles. The first-order valence-corrected chi connectivity index (χ1v) is 7.84. The predicted molar refractivity (Wildman–Crippen MR) is 93.9 cm³/mol. The largest absolute Gasteiger partial charge is 0.497 e. The zero-order valence-corrected chi connectivity index (χ0v) is 13.6. The average molecular weight is 318 g/mol. The normalized spacial score (nSPS) is 16.1. The second-order valence-corrected chi connectivity index (χ2v) is 5.82. The fourth-order valence-electron chi connectivity index (χ4n) is 2.87. The third-order valence-corrected chi connectivity index (χ3v) is 4.23. The van der Waals surface area contributed by atoms with Crippen LogP contribution in [0, 0.1) is 6.92 Å². The topological polar surface area (TPSA) is 52.0 Å². The molecule has 2 heterocycles. The number of allylic oxidation sites excluding steroid dienone is 1. The molecule has 0 saturated carbocycles. The van der Waals surface area contributed by atoms with Crippen LogP contribution in [0.2, 0.25) is 0 Å². The van der Waals surface area contributed by atoms with Crippen LogP contribution < -0.4 is 10.1 Å². The summed E-state index contributed by atoms with van der Waals surface area (Å²) in [5.74, 6) is 1.59. The van der Waals surface area contributed by atoms with Crippen LogP contribution in [-0.4, -0.2) is 21.9 Å². The monoisotopic (exact) mass is 318 g/mol. The summed E-state index contributed by atoms with van der Waals surface area (Å²) in [6.45, 7) is 2.09. The first-order chi connectivity index (χ1) is 11.7. The Hall–Kier alpha value is -3.08. The molecule has 0 amide bonds. The third kappa shape index (κ3) is 2.54. The highest BCUT2D eigenvalue weighted by molar-refractivity contribution is 5.77. The van der Waals surface area contributed by atoms with Gasteiger partial charge in [-0.05, 0) is 36.3 Å². The van der Waals surface area contributed by atoms with Gasteiger partial charge in [0.25, 0.3) is 0 Å². The lowest BCUT2D eigenvalue weighted by Crippen LogP contribution is -2.20. The zero-order chi connectivity index (χ0) is 16.5. The summed E-state index contributed by atoms with van der Waals surface area (Å²) in [5, 5.41) is 7.73. The third-order valence-electron chi connectivity index (χ3n) is 4.23. The van der Waals surface area contributed by atoms with Gasteiger partial charge in [-0.15, -0.1) is 0 Å². The van der Waals surface area contributed by atoms with E-state index in [1.54, 1.807) is 13.4 Å². The molecule has 0 bridgehead atoms. The van der Waals surface area contributed by atoms with E-state index < -0.39 is 0 Å². The van der Waals surface area contributed by atoms with Gasteiger partial charge in [0.05, 0.1) is 7.11 Å². The van der Waals surface area contributed by atoms with Crippen LogP contribution in [0.4, 0.5) is 5.95 Å². The van der Waals surface area contributed by atoms with Crippen molar-refractivity contribution in [2.24, 2.45) is 0 Å². The Bertz CT molecular complexity index is 878. The Balaban J connectivity index is 1.77. The molecule has 1 aliphatic heterocycles. The molecule has 120 valence electrons. The summed E-state index contributed by atoms with van der Waals surface area (Å²) in [5.41, 5.74) is 4.54. The van der Waals surface area contributed by atoms with Crippen molar-refractivity contribution >= 4 is 11.6 Å². The van der Waals surface area contributed by atoms with Crippen LogP contribution in [-0.2, 0) is 0 Å². The van der Waals surface area contributed by atoms with Crippen LogP contribution in [0.25, 0.3) is 5.70 Å². The number of nitrogens with one attached hydrogen (secondary N) is 1. The van der Waals surface area contributed by atoms with Crippen molar-refractivity contribution in [1.82, 2.24) is 14.8 Å². The molecule has 4 rings (SSSR count). The van der Waals surface area contributed by atoms with E-state index in [0.29, 0.717) is 0 Å². The molecule has 2 aromatic carbocycles. The summed E-state index contributed by atoms with van der Waals surface area (Å²) in [6, 6.07) is 16.5. The number of benzene rings is 2. The smallest absolute Gasteiger partial charge is 0.226 e. The number of fused-ring (bicyclic) bond motifs is 1. The van der Waals surface area contributed by atoms with Crippen LogP contribution in [0.5, 0.6) is 5.75 Å². The lowest BCUT2D eigenvalue weighted by Gasteiger charge is -2.24. The van der Waals surface area contributed by atoms with Gasteiger partial charge in [0.1, 0.15) is 18.1 Å². The quantitative estimate of drug-likeness (QED) is 0.801. The highest BCUT2D eigenvalue weighted by Crippen LogP contribution is 2.32. The number of aryl methyl sites for hydroxylation is 1. The zero-order valence-electron chi connectivity index (χ0n) is 13.6. The van der Waals surface area contributed by atoms with Crippen molar-refractivity contribution in [2.45, 2.75) is 13.0 Å². The molecule has 1 aliphatic rings. The second-order valence-electron chi connectivity index (χ2n) is 5.82. The molecule has 0 aliphatic carbocycles. The molecule has 0 spiro atoms. The summed E-state index contributed by atoms with van der Waals surface area (Å²) in [6.07, 6.45) is 3.75. The minimum atomic E-state index is -0.00837. The van der Waals surface area contributed by atoms with Crippen molar-refractivity contribution in [1.29, 1.82) is 0 Å². The van der Waals surface area contributed by atoms with Crippen molar-refractivity contribution in [3.05, 3.63) is 77.6 Å². The molecule has 24 heavy (non-hydrogen) atoms. The Morgan fingerprint density at radius 3 is 2.50 bits per heavy atom. The Kier molecular flexibility index (Phi) is 3.54. The van der Waals surface area contributed by atoms with Gasteiger partial charge >= 0.3 is 0 Å². The van der Waals surface area contributed by atoms with Crippen LogP contribution in [0.3, 0.4) is 0 Å². The van der Waals surface area contributed by atoms with Crippen LogP contribution >= 0.6 is 0 Å². The first-order valence-electron chi connectivity index (χ1n) is 7.84. The predicted octanol–water partition coefficient (Wildman–Crippen LogP) is 3.65. The maximum atomic E-state index is 5.25. The minimum absolute atomic E-state index is 0.00837. The molecule has 0 fully saturated rings. The van der Waals surface area contributed by atoms with E-state index in [4.69, 9.17) is 4.74 Å². The molecule has 1 aromatic heterocycles. The summed E-state index contributed by atoms with van der Waals surface area (Å²) < 4.78 is 7.14. The van der Waals surface area contributed by atoms with E-state index in [1.807, 2.05) is 16.8 Å². The second kappa shape index (κ2) is 5.85. The summed E-state index contributed by atoms with van der Waals surface area (Å²) >= 11 is 0. The average Bonchev–Trinajstić information content (AvgIpc) is 3.10. The number of hydrogen-bond acceptors (Lipinski definition) is 4. The summed E-state index contributed by atoms with van der Waals surface area (Å²) in [7, 11) is 1.67. The maximum Gasteiger partial charge on any atom is 0.226 e. The van der Waals surface area contributed by atoms with Gasteiger partial charge in [0.15, 0.2) is 0 Å². The number of anilines is 1. The van der Waals surface area contributed by atoms with Crippen LogP contribution in [0.15, 0.2) is 60.9 Å². The van der Waals surface area contributed by atoms with E-state index >= 15 is 0 Å². The van der Waals surface area contributed by atoms with E-state index in [2.05, 4.69) is 64.8 Å². The standard InChI is InChI=1S/C19H18N4O/c1-13-3-5-14(6-4-13)17-11-18(23-19(22-17)20-12-21-23)15-7-9-16(24-2)10-8-15/h3-12,18H,1-2H3,(H,20,21,22)/t18-/m0/s1. The number of aromatic nitrogens is 3. The molecule has 0 radical (unpaired) electrons. The van der Waals surface area contributed by atoms with Crippen molar-refractivity contribution in [2.75, 3.05) is 12.4 Å². The van der Waals surface area contributed by atoms with Gasteiger partial charge in [-0.1, -0.05) is 42.0 Å². The lowest BCUT2D eigenvalue weighted by atomic mass is 10.0. The first kappa shape index (κ1) is 14.5. The fraction of sp³-hybridized carbons (Fsp3) is 0.158. The van der Waals surface area contributed by atoms with E-state index in [-0.39, 0.29) is 6.04 Å². The Morgan fingerprint density at radius 2 is 1.79 bits per heavy atom.